The van der Waals surface area contributed by atoms with Crippen LogP contribution in [-0.4, -0.2) is 26.5 Å². The molecule has 0 fully saturated rings. The van der Waals surface area contributed by atoms with Gasteiger partial charge in [-0.05, 0) is 41.5 Å². The largest absolute Gasteiger partial charge is 0.309 e. The molecule has 7 heteroatoms. The first kappa shape index (κ1) is 16.5. The minimum Gasteiger partial charge on any atom is -0.309 e. The summed E-state index contributed by atoms with van der Waals surface area (Å²) < 4.78 is 51.3. The SMILES string of the molecule is CCNC(c1c(F)ccc(Br)c1F)C(C)S(C)(=O)=O. The Morgan fingerprint density at radius 3 is 2.42 bits per heavy atom. The van der Waals surface area contributed by atoms with Gasteiger partial charge in [-0.3, -0.25) is 0 Å². The maximum absolute atomic E-state index is 14.1. The third-order valence-electron chi connectivity index (χ3n) is 2.96. The van der Waals surface area contributed by atoms with Gasteiger partial charge >= 0.3 is 0 Å². The van der Waals surface area contributed by atoms with Crippen molar-refractivity contribution in [1.82, 2.24) is 5.32 Å². The van der Waals surface area contributed by atoms with Crippen LogP contribution in [0, 0.1) is 11.6 Å². The first-order valence-corrected chi connectivity index (χ1v) is 8.50. The Labute approximate surface area is 120 Å². The number of halogens is 3. The van der Waals surface area contributed by atoms with Crippen LogP contribution in [-0.2, 0) is 9.84 Å². The van der Waals surface area contributed by atoms with Crippen molar-refractivity contribution in [2.45, 2.75) is 25.1 Å². The number of benzene rings is 1. The zero-order chi connectivity index (χ0) is 14.8. The van der Waals surface area contributed by atoms with Crippen molar-refractivity contribution in [1.29, 1.82) is 0 Å². The minimum atomic E-state index is -3.43. The van der Waals surface area contributed by atoms with E-state index in [4.69, 9.17) is 0 Å². The number of nitrogens with one attached hydrogen (secondary N) is 1. The van der Waals surface area contributed by atoms with Crippen molar-refractivity contribution in [2.24, 2.45) is 0 Å². The lowest BCUT2D eigenvalue weighted by atomic mass is 10.0. The molecule has 2 unspecified atom stereocenters. The molecule has 0 bridgehead atoms. The smallest absolute Gasteiger partial charge is 0.151 e. The fourth-order valence-corrected chi connectivity index (χ4v) is 2.87. The van der Waals surface area contributed by atoms with Gasteiger partial charge in [-0.15, -0.1) is 0 Å². The van der Waals surface area contributed by atoms with E-state index in [2.05, 4.69) is 21.2 Å². The average molecular weight is 356 g/mol. The number of rotatable bonds is 5. The van der Waals surface area contributed by atoms with Gasteiger partial charge in [-0.2, -0.15) is 0 Å². The number of hydrogen-bond acceptors (Lipinski definition) is 3. The molecule has 1 N–H and O–H groups in total. The molecule has 0 aliphatic rings. The Morgan fingerprint density at radius 2 is 1.95 bits per heavy atom. The van der Waals surface area contributed by atoms with Crippen LogP contribution in [0.3, 0.4) is 0 Å². The Kier molecular flexibility index (Phi) is 5.46. The molecule has 0 radical (unpaired) electrons. The van der Waals surface area contributed by atoms with E-state index in [1.165, 1.54) is 13.0 Å². The van der Waals surface area contributed by atoms with E-state index in [1.807, 2.05) is 0 Å². The topological polar surface area (TPSA) is 46.2 Å². The lowest BCUT2D eigenvalue weighted by Crippen LogP contribution is -2.36. The molecule has 108 valence electrons. The predicted molar refractivity (Wildman–Crippen MR) is 74.8 cm³/mol. The van der Waals surface area contributed by atoms with Crippen LogP contribution in [0.25, 0.3) is 0 Å². The lowest BCUT2D eigenvalue weighted by molar-refractivity contribution is 0.458. The monoisotopic (exact) mass is 355 g/mol. The third kappa shape index (κ3) is 3.73. The van der Waals surface area contributed by atoms with Gasteiger partial charge in [0.25, 0.3) is 0 Å². The van der Waals surface area contributed by atoms with Crippen molar-refractivity contribution in [3.05, 3.63) is 33.8 Å². The number of hydrogen-bond donors (Lipinski definition) is 1. The highest BCUT2D eigenvalue weighted by Gasteiger charge is 2.31. The van der Waals surface area contributed by atoms with Crippen molar-refractivity contribution < 1.29 is 17.2 Å². The second-order valence-electron chi connectivity index (χ2n) is 4.33. The molecule has 0 saturated heterocycles. The lowest BCUT2D eigenvalue weighted by Gasteiger charge is -2.25. The van der Waals surface area contributed by atoms with E-state index in [0.29, 0.717) is 6.54 Å². The van der Waals surface area contributed by atoms with E-state index >= 15 is 0 Å². The van der Waals surface area contributed by atoms with Gasteiger partial charge in [-0.25, -0.2) is 17.2 Å². The highest BCUT2D eigenvalue weighted by atomic mass is 79.9. The molecule has 3 nitrogen and oxygen atoms in total. The van der Waals surface area contributed by atoms with Gasteiger partial charge in [-0.1, -0.05) is 6.92 Å². The van der Waals surface area contributed by atoms with E-state index in [1.54, 1.807) is 6.92 Å². The molecule has 1 aromatic carbocycles. The molecule has 2 atom stereocenters. The quantitative estimate of drug-likeness (QED) is 0.826. The molecule has 0 aliphatic carbocycles. The highest BCUT2D eigenvalue weighted by molar-refractivity contribution is 9.10. The molecule has 0 heterocycles. The summed E-state index contributed by atoms with van der Waals surface area (Å²) in [7, 11) is -3.43. The third-order valence-corrected chi connectivity index (χ3v) is 5.19. The predicted octanol–water partition coefficient (Wildman–Crippen LogP) is 2.81. The minimum absolute atomic E-state index is 0.104. The molecule has 0 spiro atoms. The summed E-state index contributed by atoms with van der Waals surface area (Å²) in [6.45, 7) is 3.58. The maximum Gasteiger partial charge on any atom is 0.151 e. The van der Waals surface area contributed by atoms with Crippen LogP contribution in [0.15, 0.2) is 16.6 Å². The van der Waals surface area contributed by atoms with Crippen molar-refractivity contribution >= 4 is 25.8 Å². The first-order chi connectivity index (χ1) is 8.70. The molecular weight excluding hydrogens is 340 g/mol. The fourth-order valence-electron chi connectivity index (χ4n) is 1.80. The average Bonchev–Trinajstić information content (AvgIpc) is 2.31. The van der Waals surface area contributed by atoms with Crippen molar-refractivity contribution in [3.8, 4) is 0 Å². The van der Waals surface area contributed by atoms with E-state index in [0.717, 1.165) is 12.3 Å². The maximum atomic E-state index is 14.1. The zero-order valence-electron chi connectivity index (χ0n) is 10.9. The summed E-state index contributed by atoms with van der Waals surface area (Å²) in [6.07, 6.45) is 1.05. The Hall–Kier alpha value is -0.530. The van der Waals surface area contributed by atoms with Gasteiger partial charge in [0.05, 0.1) is 15.8 Å². The molecule has 0 saturated carbocycles. The van der Waals surface area contributed by atoms with Gasteiger partial charge in [0, 0.05) is 11.8 Å². The second kappa shape index (κ2) is 6.28. The van der Waals surface area contributed by atoms with Crippen LogP contribution in [0.5, 0.6) is 0 Å². The molecule has 19 heavy (non-hydrogen) atoms. The van der Waals surface area contributed by atoms with Crippen LogP contribution in [0.4, 0.5) is 8.78 Å². The highest BCUT2D eigenvalue weighted by Crippen LogP contribution is 2.30. The zero-order valence-corrected chi connectivity index (χ0v) is 13.3. The summed E-state index contributed by atoms with van der Waals surface area (Å²) in [5.41, 5.74) is -0.255. The van der Waals surface area contributed by atoms with Crippen molar-refractivity contribution in [2.75, 3.05) is 12.8 Å². The van der Waals surface area contributed by atoms with E-state index in [-0.39, 0.29) is 10.0 Å². The molecular formula is C12H16BrF2NO2S. The van der Waals surface area contributed by atoms with Gasteiger partial charge < -0.3 is 5.32 Å². The summed E-state index contributed by atoms with van der Waals surface area (Å²) in [4.78, 5) is 0. The van der Waals surface area contributed by atoms with Crippen LogP contribution >= 0.6 is 15.9 Å². The molecule has 0 amide bonds. The van der Waals surface area contributed by atoms with Gasteiger partial charge in [0.15, 0.2) is 9.84 Å². The van der Waals surface area contributed by atoms with Crippen molar-refractivity contribution in [3.63, 3.8) is 0 Å². The molecule has 0 aromatic heterocycles. The van der Waals surface area contributed by atoms with Crippen LogP contribution in [0.2, 0.25) is 0 Å². The Morgan fingerprint density at radius 1 is 1.37 bits per heavy atom. The Bertz CT molecular complexity index is 563. The fraction of sp³-hybridized carbons (Fsp3) is 0.500. The summed E-state index contributed by atoms with van der Waals surface area (Å²) >= 11 is 2.98. The Balaban J connectivity index is 3.39. The van der Waals surface area contributed by atoms with Gasteiger partial charge in [0.2, 0.25) is 0 Å². The summed E-state index contributed by atoms with van der Waals surface area (Å²) in [5.74, 6) is -1.54. The molecule has 0 aliphatic heterocycles. The first-order valence-electron chi connectivity index (χ1n) is 5.75. The molecule has 1 rings (SSSR count). The molecule has 1 aromatic rings. The second-order valence-corrected chi connectivity index (χ2v) is 7.58. The van der Waals surface area contributed by atoms with Crippen LogP contribution in [0.1, 0.15) is 25.5 Å². The van der Waals surface area contributed by atoms with Gasteiger partial charge in [0.1, 0.15) is 11.6 Å². The summed E-state index contributed by atoms with van der Waals surface area (Å²) in [6, 6.07) is 1.43. The van der Waals surface area contributed by atoms with E-state index in [9.17, 15) is 17.2 Å². The van der Waals surface area contributed by atoms with E-state index < -0.39 is 32.8 Å². The standard InChI is InChI=1S/C12H16BrF2NO2S/c1-4-16-12(7(2)19(3,17)18)10-9(14)6-5-8(13)11(10)15/h5-7,12,16H,4H2,1-3H3. The summed E-state index contributed by atoms with van der Waals surface area (Å²) in [5, 5.41) is 1.89. The normalized spacial score (nSPS) is 15.3. The van der Waals surface area contributed by atoms with Crippen LogP contribution < -0.4 is 5.32 Å². The number of sulfone groups is 1.